The Labute approximate surface area is 112 Å². The molecule has 4 heteroatoms. The molecule has 0 fully saturated rings. The van der Waals surface area contributed by atoms with Crippen LogP contribution in [0.3, 0.4) is 0 Å². The van der Waals surface area contributed by atoms with Gasteiger partial charge in [-0.05, 0) is 43.7 Å². The molecule has 0 aliphatic heterocycles. The second kappa shape index (κ2) is 5.87. The highest BCUT2D eigenvalue weighted by atomic mass is 32.2. The van der Waals surface area contributed by atoms with Gasteiger partial charge in [-0.2, -0.15) is 0 Å². The van der Waals surface area contributed by atoms with Gasteiger partial charge in [-0.1, -0.05) is 6.07 Å². The molecule has 0 aromatic carbocycles. The molecule has 0 saturated carbocycles. The molecule has 0 atom stereocenters. The van der Waals surface area contributed by atoms with Crippen LogP contribution in [0.2, 0.25) is 0 Å². The van der Waals surface area contributed by atoms with Gasteiger partial charge in [-0.15, -0.1) is 11.8 Å². The lowest BCUT2D eigenvalue weighted by molar-refractivity contribution is 1.04. The summed E-state index contributed by atoms with van der Waals surface area (Å²) in [4.78, 5) is 9.00. The van der Waals surface area contributed by atoms with Crippen LogP contribution in [0.5, 0.6) is 0 Å². The summed E-state index contributed by atoms with van der Waals surface area (Å²) in [6.45, 7) is 4.12. The molecule has 0 aliphatic rings. The van der Waals surface area contributed by atoms with Gasteiger partial charge < -0.3 is 5.32 Å². The van der Waals surface area contributed by atoms with E-state index in [4.69, 9.17) is 0 Å². The molecule has 0 saturated heterocycles. The van der Waals surface area contributed by atoms with E-state index < -0.39 is 0 Å². The molecular weight excluding hydrogens is 242 g/mol. The van der Waals surface area contributed by atoms with Crippen molar-refractivity contribution in [3.05, 3.63) is 47.3 Å². The van der Waals surface area contributed by atoms with Crippen LogP contribution < -0.4 is 5.32 Å². The number of aromatic nitrogens is 2. The number of hydrogen-bond acceptors (Lipinski definition) is 4. The molecule has 18 heavy (non-hydrogen) atoms. The lowest BCUT2D eigenvalue weighted by Gasteiger charge is -2.05. The molecule has 94 valence electrons. The van der Waals surface area contributed by atoms with Crippen LogP contribution in [0.1, 0.15) is 17.0 Å². The predicted molar refractivity (Wildman–Crippen MR) is 77.1 cm³/mol. The summed E-state index contributed by atoms with van der Waals surface area (Å²) in [6.07, 6.45) is 0. The zero-order valence-electron chi connectivity index (χ0n) is 10.9. The van der Waals surface area contributed by atoms with Gasteiger partial charge in [0.25, 0.3) is 0 Å². The third kappa shape index (κ3) is 3.47. The first-order valence-electron chi connectivity index (χ1n) is 5.89. The van der Waals surface area contributed by atoms with Crippen LogP contribution in [0.15, 0.2) is 35.4 Å². The van der Waals surface area contributed by atoms with Gasteiger partial charge >= 0.3 is 0 Å². The number of rotatable bonds is 4. The minimum Gasteiger partial charge on any atom is -0.373 e. The molecule has 2 aromatic rings. The quantitative estimate of drug-likeness (QED) is 0.854. The summed E-state index contributed by atoms with van der Waals surface area (Å²) in [5, 5.41) is 4.11. The minimum absolute atomic E-state index is 0.839. The van der Waals surface area contributed by atoms with Gasteiger partial charge in [-0.25, -0.2) is 9.97 Å². The highest BCUT2D eigenvalue weighted by Gasteiger charge is 2.01. The molecular formula is C14H17N3S. The Morgan fingerprint density at radius 1 is 1.17 bits per heavy atom. The van der Waals surface area contributed by atoms with Crippen molar-refractivity contribution in [3.8, 4) is 0 Å². The molecule has 2 aromatic heterocycles. The molecule has 2 heterocycles. The highest BCUT2D eigenvalue weighted by molar-refractivity contribution is 7.98. The Morgan fingerprint density at radius 2 is 2.00 bits per heavy atom. The van der Waals surface area contributed by atoms with Gasteiger partial charge in [0.15, 0.2) is 0 Å². The minimum atomic E-state index is 0.839. The zero-order valence-corrected chi connectivity index (χ0v) is 11.7. The van der Waals surface area contributed by atoms with Crippen LogP contribution in [-0.4, -0.2) is 17.0 Å². The van der Waals surface area contributed by atoms with Gasteiger partial charge in [0.1, 0.15) is 5.82 Å². The molecule has 0 bridgehead atoms. The van der Waals surface area contributed by atoms with Crippen LogP contribution in [0.25, 0.3) is 0 Å². The maximum atomic E-state index is 4.51. The molecule has 0 spiro atoms. The van der Waals surface area contributed by atoms with Crippen LogP contribution in [0.4, 0.5) is 5.82 Å². The molecule has 0 unspecified atom stereocenters. The number of thioether (sulfide) groups is 1. The normalized spacial score (nSPS) is 10.4. The number of nitrogens with zero attached hydrogens (tertiary/aromatic N) is 2. The van der Waals surface area contributed by atoms with Crippen molar-refractivity contribution in [3.63, 3.8) is 0 Å². The second-order valence-electron chi connectivity index (χ2n) is 4.18. The lowest BCUT2D eigenvalue weighted by Crippen LogP contribution is -1.95. The third-order valence-electron chi connectivity index (χ3n) is 2.51. The summed E-state index contributed by atoms with van der Waals surface area (Å²) < 4.78 is 0. The van der Waals surface area contributed by atoms with Gasteiger partial charge in [0.05, 0.1) is 10.7 Å². The van der Waals surface area contributed by atoms with Crippen LogP contribution in [-0.2, 0) is 5.75 Å². The summed E-state index contributed by atoms with van der Waals surface area (Å²) in [6, 6.07) is 10.2. The third-order valence-corrected chi connectivity index (χ3v) is 3.45. The first kappa shape index (κ1) is 12.9. The predicted octanol–water partition coefficient (Wildman–Crippen LogP) is 3.43. The Bertz CT molecular complexity index is 520. The Balaban J connectivity index is 2.06. The number of hydrogen-bond donors (Lipinski definition) is 1. The summed E-state index contributed by atoms with van der Waals surface area (Å²) >= 11 is 1.72. The number of nitrogens with one attached hydrogen (secondary N) is 1. The van der Waals surface area contributed by atoms with Gasteiger partial charge in [0, 0.05) is 18.5 Å². The smallest absolute Gasteiger partial charge is 0.125 e. The van der Waals surface area contributed by atoms with E-state index in [-0.39, 0.29) is 0 Å². The van der Waals surface area contributed by atoms with Crippen molar-refractivity contribution >= 4 is 17.6 Å². The largest absolute Gasteiger partial charge is 0.373 e. The number of aryl methyl sites for hydroxylation is 2. The Kier molecular flexibility index (Phi) is 4.20. The van der Waals surface area contributed by atoms with E-state index in [0.717, 1.165) is 28.0 Å². The fourth-order valence-corrected chi connectivity index (χ4v) is 2.66. The SMILES string of the molecule is CNc1cccc(CSc2cc(C)cc(C)n2)n1. The summed E-state index contributed by atoms with van der Waals surface area (Å²) in [7, 11) is 1.88. The first-order chi connectivity index (χ1) is 8.67. The van der Waals surface area contributed by atoms with E-state index in [1.165, 1.54) is 5.56 Å². The van der Waals surface area contributed by atoms with Crippen molar-refractivity contribution in [2.75, 3.05) is 12.4 Å². The van der Waals surface area contributed by atoms with E-state index in [9.17, 15) is 0 Å². The fourth-order valence-electron chi connectivity index (χ4n) is 1.73. The maximum absolute atomic E-state index is 4.51. The zero-order chi connectivity index (χ0) is 13.0. The van der Waals surface area contributed by atoms with E-state index >= 15 is 0 Å². The summed E-state index contributed by atoms with van der Waals surface area (Å²) in [5.74, 6) is 1.74. The van der Waals surface area contributed by atoms with Crippen molar-refractivity contribution < 1.29 is 0 Å². The van der Waals surface area contributed by atoms with Crippen molar-refractivity contribution in [1.82, 2.24) is 9.97 Å². The first-order valence-corrected chi connectivity index (χ1v) is 6.88. The average molecular weight is 259 g/mol. The van der Waals surface area contributed by atoms with Gasteiger partial charge in [0.2, 0.25) is 0 Å². The summed E-state index contributed by atoms with van der Waals surface area (Å²) in [5.41, 5.74) is 3.38. The van der Waals surface area contributed by atoms with Gasteiger partial charge in [-0.3, -0.25) is 0 Å². The molecule has 0 aliphatic carbocycles. The van der Waals surface area contributed by atoms with Crippen LogP contribution in [0, 0.1) is 13.8 Å². The lowest BCUT2D eigenvalue weighted by atomic mass is 10.3. The van der Waals surface area contributed by atoms with Crippen molar-refractivity contribution in [2.45, 2.75) is 24.6 Å². The Morgan fingerprint density at radius 3 is 2.72 bits per heavy atom. The molecule has 3 nitrogen and oxygen atoms in total. The second-order valence-corrected chi connectivity index (χ2v) is 5.17. The molecule has 2 rings (SSSR count). The monoisotopic (exact) mass is 259 g/mol. The molecule has 0 amide bonds. The number of anilines is 1. The van der Waals surface area contributed by atoms with Crippen molar-refractivity contribution in [1.29, 1.82) is 0 Å². The Hall–Kier alpha value is -1.55. The van der Waals surface area contributed by atoms with Crippen LogP contribution >= 0.6 is 11.8 Å². The maximum Gasteiger partial charge on any atom is 0.125 e. The van der Waals surface area contributed by atoms with E-state index in [2.05, 4.69) is 34.3 Å². The van der Waals surface area contributed by atoms with E-state index in [1.807, 2.05) is 32.2 Å². The molecule has 1 N–H and O–H groups in total. The molecule has 0 radical (unpaired) electrons. The number of pyridine rings is 2. The van der Waals surface area contributed by atoms with Crippen molar-refractivity contribution in [2.24, 2.45) is 0 Å². The standard InChI is InChI=1S/C14H17N3S/c1-10-7-11(2)16-14(8-10)18-9-12-5-4-6-13(15-3)17-12/h4-8H,9H2,1-3H3,(H,15,17). The van der Waals surface area contributed by atoms with E-state index in [1.54, 1.807) is 11.8 Å². The fraction of sp³-hybridized carbons (Fsp3) is 0.286. The highest BCUT2D eigenvalue weighted by Crippen LogP contribution is 2.22. The topological polar surface area (TPSA) is 37.8 Å². The van der Waals surface area contributed by atoms with E-state index in [0.29, 0.717) is 0 Å². The average Bonchev–Trinajstić information content (AvgIpc) is 2.35.